The standard InChI is InChI=1S/C36H33ClO5/c1-22-8-7-9-25(18-22)34-29(23-10-13-26(38-2)14-11-23)21-30(24-12-17-31(40-4)33(19-24)42-6)35(36(34)37)28-16-15-27(39-3)20-32(28)41-5/h7-21H,1-6H3. The second-order valence-corrected chi connectivity index (χ2v) is 10.1. The highest BCUT2D eigenvalue weighted by molar-refractivity contribution is 6.38. The zero-order valence-corrected chi connectivity index (χ0v) is 25.3. The minimum Gasteiger partial charge on any atom is -0.497 e. The summed E-state index contributed by atoms with van der Waals surface area (Å²) < 4.78 is 28.0. The van der Waals surface area contributed by atoms with E-state index in [1.54, 1.807) is 35.5 Å². The van der Waals surface area contributed by atoms with Crippen molar-refractivity contribution in [3.63, 3.8) is 0 Å². The lowest BCUT2D eigenvalue weighted by Crippen LogP contribution is -1.98. The number of halogens is 1. The molecule has 0 atom stereocenters. The van der Waals surface area contributed by atoms with Crippen LogP contribution < -0.4 is 23.7 Å². The van der Waals surface area contributed by atoms with Crippen molar-refractivity contribution in [2.45, 2.75) is 6.92 Å². The molecule has 0 spiro atoms. The quantitative estimate of drug-likeness (QED) is 0.174. The number of aryl methyl sites for hydroxylation is 1. The van der Waals surface area contributed by atoms with Crippen molar-refractivity contribution in [3.05, 3.63) is 102 Å². The molecule has 0 saturated carbocycles. The van der Waals surface area contributed by atoms with Crippen LogP contribution >= 0.6 is 11.6 Å². The third kappa shape index (κ3) is 5.48. The average Bonchev–Trinajstić information content (AvgIpc) is 3.03. The summed E-state index contributed by atoms with van der Waals surface area (Å²) >= 11 is 7.57. The molecule has 0 unspecified atom stereocenters. The van der Waals surface area contributed by atoms with E-state index < -0.39 is 0 Å². The van der Waals surface area contributed by atoms with Gasteiger partial charge in [-0.3, -0.25) is 0 Å². The molecule has 5 aromatic carbocycles. The van der Waals surface area contributed by atoms with Gasteiger partial charge in [-0.05, 0) is 77.2 Å². The molecule has 0 saturated heterocycles. The maximum absolute atomic E-state index is 7.57. The third-order valence-corrected chi connectivity index (χ3v) is 7.72. The predicted octanol–water partition coefficient (Wildman–Crippen LogP) is 9.36. The highest BCUT2D eigenvalue weighted by atomic mass is 35.5. The van der Waals surface area contributed by atoms with Gasteiger partial charge in [-0.2, -0.15) is 0 Å². The van der Waals surface area contributed by atoms with Crippen LogP contribution in [0.3, 0.4) is 0 Å². The largest absolute Gasteiger partial charge is 0.497 e. The summed E-state index contributed by atoms with van der Waals surface area (Å²) in [6, 6.07) is 30.2. The zero-order valence-electron chi connectivity index (χ0n) is 24.6. The van der Waals surface area contributed by atoms with Crippen molar-refractivity contribution in [1.29, 1.82) is 0 Å². The van der Waals surface area contributed by atoms with E-state index in [1.165, 1.54) is 0 Å². The Hall–Kier alpha value is -4.61. The molecular weight excluding hydrogens is 548 g/mol. The molecular formula is C36H33ClO5. The van der Waals surface area contributed by atoms with Gasteiger partial charge in [0.1, 0.15) is 17.2 Å². The van der Waals surface area contributed by atoms with Gasteiger partial charge in [-0.25, -0.2) is 0 Å². The van der Waals surface area contributed by atoms with Gasteiger partial charge in [0.2, 0.25) is 0 Å². The lowest BCUT2D eigenvalue weighted by Gasteiger charge is -2.23. The molecule has 0 fully saturated rings. The fourth-order valence-corrected chi connectivity index (χ4v) is 5.65. The molecule has 0 radical (unpaired) electrons. The smallest absolute Gasteiger partial charge is 0.161 e. The Morgan fingerprint density at radius 3 is 1.74 bits per heavy atom. The van der Waals surface area contributed by atoms with Gasteiger partial charge in [0.15, 0.2) is 11.5 Å². The first kappa shape index (κ1) is 28.9. The number of ether oxygens (including phenoxy) is 5. The van der Waals surface area contributed by atoms with Crippen molar-refractivity contribution < 1.29 is 23.7 Å². The molecule has 42 heavy (non-hydrogen) atoms. The summed E-state index contributed by atoms with van der Waals surface area (Å²) in [4.78, 5) is 0. The van der Waals surface area contributed by atoms with E-state index in [4.69, 9.17) is 35.3 Å². The number of hydrogen-bond acceptors (Lipinski definition) is 5. The molecule has 0 amide bonds. The van der Waals surface area contributed by atoms with E-state index in [-0.39, 0.29) is 0 Å². The topological polar surface area (TPSA) is 46.2 Å². The van der Waals surface area contributed by atoms with E-state index in [2.05, 4.69) is 49.4 Å². The minimum absolute atomic E-state index is 0.599. The number of benzene rings is 5. The van der Waals surface area contributed by atoms with Crippen molar-refractivity contribution in [2.75, 3.05) is 35.5 Å². The average molecular weight is 581 g/mol. The summed E-state index contributed by atoms with van der Waals surface area (Å²) in [7, 11) is 8.20. The molecule has 214 valence electrons. The van der Waals surface area contributed by atoms with Crippen LogP contribution in [0.25, 0.3) is 44.5 Å². The Bertz CT molecular complexity index is 1730. The fraction of sp³-hybridized carbons (Fsp3) is 0.167. The van der Waals surface area contributed by atoms with E-state index in [1.807, 2.05) is 48.5 Å². The fourth-order valence-electron chi connectivity index (χ4n) is 5.23. The molecule has 0 aromatic heterocycles. The summed E-state index contributed by atoms with van der Waals surface area (Å²) in [5.74, 6) is 3.37. The SMILES string of the molecule is COc1ccc(-c2cc(-c3ccc(OC)c(OC)c3)c(-c3ccc(OC)cc3OC)c(Cl)c2-c2cccc(C)c2)cc1. The van der Waals surface area contributed by atoms with Gasteiger partial charge in [0.05, 0.1) is 40.6 Å². The van der Waals surface area contributed by atoms with Crippen LogP contribution in [0.5, 0.6) is 28.7 Å². The van der Waals surface area contributed by atoms with E-state index in [0.29, 0.717) is 28.0 Å². The molecule has 0 aliphatic heterocycles. The number of rotatable bonds is 9. The predicted molar refractivity (Wildman–Crippen MR) is 171 cm³/mol. The molecule has 0 N–H and O–H groups in total. The lowest BCUT2D eigenvalue weighted by molar-refractivity contribution is 0.355. The summed E-state index contributed by atoms with van der Waals surface area (Å²) in [6.45, 7) is 2.08. The minimum atomic E-state index is 0.599. The first-order chi connectivity index (χ1) is 20.4. The normalized spacial score (nSPS) is 10.7. The summed E-state index contributed by atoms with van der Waals surface area (Å²) in [5, 5.41) is 0.599. The monoisotopic (exact) mass is 580 g/mol. The van der Waals surface area contributed by atoms with Gasteiger partial charge in [0.25, 0.3) is 0 Å². The van der Waals surface area contributed by atoms with E-state index >= 15 is 0 Å². The van der Waals surface area contributed by atoms with Crippen LogP contribution in [0.2, 0.25) is 5.02 Å². The van der Waals surface area contributed by atoms with Gasteiger partial charge in [-0.15, -0.1) is 0 Å². The molecule has 5 nitrogen and oxygen atoms in total. The summed E-state index contributed by atoms with van der Waals surface area (Å²) in [5.41, 5.74) is 8.54. The first-order valence-electron chi connectivity index (χ1n) is 13.4. The molecule has 5 rings (SSSR count). The highest BCUT2D eigenvalue weighted by Crippen LogP contribution is 2.51. The third-order valence-electron chi connectivity index (χ3n) is 7.35. The second-order valence-electron chi connectivity index (χ2n) is 9.77. The van der Waals surface area contributed by atoms with Crippen molar-refractivity contribution in [1.82, 2.24) is 0 Å². The Morgan fingerprint density at radius 1 is 0.452 bits per heavy atom. The van der Waals surface area contributed by atoms with Crippen molar-refractivity contribution in [2.24, 2.45) is 0 Å². The Labute approximate surface area is 252 Å². The second kappa shape index (κ2) is 12.5. The van der Waals surface area contributed by atoms with Crippen LogP contribution in [0.1, 0.15) is 5.56 Å². The van der Waals surface area contributed by atoms with Gasteiger partial charge >= 0.3 is 0 Å². The van der Waals surface area contributed by atoms with E-state index in [9.17, 15) is 0 Å². The van der Waals surface area contributed by atoms with E-state index in [0.717, 1.165) is 55.8 Å². The number of methoxy groups -OCH3 is 5. The van der Waals surface area contributed by atoms with Crippen LogP contribution in [-0.4, -0.2) is 35.5 Å². The maximum Gasteiger partial charge on any atom is 0.161 e. The van der Waals surface area contributed by atoms with Crippen LogP contribution in [0, 0.1) is 6.92 Å². The lowest BCUT2D eigenvalue weighted by atomic mass is 9.85. The van der Waals surface area contributed by atoms with Gasteiger partial charge < -0.3 is 23.7 Å². The maximum atomic E-state index is 7.57. The molecule has 0 heterocycles. The molecule has 0 aliphatic rings. The number of hydrogen-bond donors (Lipinski definition) is 0. The van der Waals surface area contributed by atoms with Gasteiger partial charge in [0, 0.05) is 22.8 Å². The van der Waals surface area contributed by atoms with Crippen molar-refractivity contribution >= 4 is 11.6 Å². The first-order valence-corrected chi connectivity index (χ1v) is 13.8. The van der Waals surface area contributed by atoms with Crippen LogP contribution in [0.15, 0.2) is 91.0 Å². The Kier molecular flexibility index (Phi) is 8.60. The molecule has 6 heteroatoms. The molecule has 0 aliphatic carbocycles. The summed E-state index contributed by atoms with van der Waals surface area (Å²) in [6.07, 6.45) is 0. The van der Waals surface area contributed by atoms with Gasteiger partial charge in [-0.1, -0.05) is 59.6 Å². The van der Waals surface area contributed by atoms with Crippen LogP contribution in [-0.2, 0) is 0 Å². The highest BCUT2D eigenvalue weighted by Gasteiger charge is 2.24. The Morgan fingerprint density at radius 2 is 1.10 bits per heavy atom. The van der Waals surface area contributed by atoms with Crippen LogP contribution in [0.4, 0.5) is 0 Å². The molecule has 0 bridgehead atoms. The molecule has 5 aromatic rings. The van der Waals surface area contributed by atoms with Crippen molar-refractivity contribution in [3.8, 4) is 73.3 Å². The Balaban J connectivity index is 1.93. The zero-order chi connectivity index (χ0) is 29.8.